The molecule has 4 rings (SSSR count). The second-order valence-electron chi connectivity index (χ2n) is 10.4. The Morgan fingerprint density at radius 2 is 1.72 bits per heavy atom. The quantitative estimate of drug-likeness (QED) is 0.473. The molecule has 9 nitrogen and oxygen atoms in total. The van der Waals surface area contributed by atoms with Crippen molar-refractivity contribution in [3.8, 4) is 0 Å². The summed E-state index contributed by atoms with van der Waals surface area (Å²) < 4.78 is 0. The number of amides is 4. The van der Waals surface area contributed by atoms with Crippen LogP contribution in [0.2, 0.25) is 0 Å². The van der Waals surface area contributed by atoms with Gasteiger partial charge in [0.1, 0.15) is 12.1 Å². The van der Waals surface area contributed by atoms with Gasteiger partial charge in [-0.25, -0.2) is 0 Å². The van der Waals surface area contributed by atoms with Crippen molar-refractivity contribution in [1.29, 1.82) is 0 Å². The van der Waals surface area contributed by atoms with Gasteiger partial charge in [0.25, 0.3) is 0 Å². The van der Waals surface area contributed by atoms with Crippen molar-refractivity contribution in [1.82, 2.24) is 26.2 Å². The van der Waals surface area contributed by atoms with Gasteiger partial charge in [-0.2, -0.15) is 0 Å². The van der Waals surface area contributed by atoms with E-state index in [1.807, 2.05) is 12.1 Å². The van der Waals surface area contributed by atoms with Crippen LogP contribution in [-0.2, 0) is 25.6 Å². The lowest BCUT2D eigenvalue weighted by molar-refractivity contribution is -0.145. The smallest absolute Gasteiger partial charge is 0.246 e. The lowest BCUT2D eigenvalue weighted by atomic mass is 9.87. The molecule has 6 atom stereocenters. The molecular formula is C27H39N5O4. The zero-order chi connectivity index (χ0) is 25.8. The number of carbonyl (C=O) groups is 4. The molecule has 196 valence electrons. The molecule has 0 saturated carbocycles. The van der Waals surface area contributed by atoms with Crippen molar-refractivity contribution in [2.75, 3.05) is 7.05 Å². The van der Waals surface area contributed by atoms with E-state index in [4.69, 9.17) is 0 Å². The Kier molecular flexibility index (Phi) is 8.28. The van der Waals surface area contributed by atoms with Crippen LogP contribution in [-0.4, -0.2) is 65.8 Å². The number of nitrogens with one attached hydrogen (secondary N) is 4. The highest BCUT2D eigenvalue weighted by atomic mass is 16.2. The van der Waals surface area contributed by atoms with Crippen LogP contribution < -0.4 is 21.3 Å². The molecule has 9 heteroatoms. The Balaban J connectivity index is 1.53. The molecule has 3 aliphatic rings. The molecule has 2 heterocycles. The minimum atomic E-state index is -0.809. The molecule has 0 unspecified atom stereocenters. The normalized spacial score (nSPS) is 28.7. The maximum atomic E-state index is 13.9. The number of carbonyl (C=O) groups excluding carboxylic acids is 4. The summed E-state index contributed by atoms with van der Waals surface area (Å²) in [6.07, 6.45) is 5.92. The summed E-state index contributed by atoms with van der Waals surface area (Å²) in [5.41, 5.74) is 2.43. The van der Waals surface area contributed by atoms with E-state index < -0.39 is 18.1 Å². The zero-order valence-corrected chi connectivity index (χ0v) is 21.5. The fourth-order valence-corrected chi connectivity index (χ4v) is 5.97. The van der Waals surface area contributed by atoms with Crippen LogP contribution in [0.25, 0.3) is 0 Å². The molecule has 4 amide bonds. The van der Waals surface area contributed by atoms with Gasteiger partial charge in [-0.05, 0) is 76.5 Å². The van der Waals surface area contributed by atoms with Crippen molar-refractivity contribution < 1.29 is 19.2 Å². The van der Waals surface area contributed by atoms with Crippen LogP contribution in [0.15, 0.2) is 24.3 Å². The first-order valence-electron chi connectivity index (χ1n) is 13.2. The number of rotatable bonds is 6. The maximum absolute atomic E-state index is 13.9. The van der Waals surface area contributed by atoms with Crippen molar-refractivity contribution in [2.45, 2.75) is 101 Å². The van der Waals surface area contributed by atoms with E-state index in [1.165, 1.54) is 12.5 Å². The number of hydrogen-bond acceptors (Lipinski definition) is 5. The van der Waals surface area contributed by atoms with Crippen LogP contribution in [0, 0.1) is 0 Å². The molecule has 0 radical (unpaired) electrons. The van der Waals surface area contributed by atoms with Gasteiger partial charge < -0.3 is 26.2 Å². The van der Waals surface area contributed by atoms with Crippen LogP contribution in [0.4, 0.5) is 0 Å². The number of hydrogen-bond donors (Lipinski definition) is 4. The highest BCUT2D eigenvalue weighted by molar-refractivity contribution is 5.94. The second-order valence-corrected chi connectivity index (χ2v) is 10.4. The maximum Gasteiger partial charge on any atom is 0.246 e. The lowest BCUT2D eigenvalue weighted by Gasteiger charge is -2.38. The van der Waals surface area contributed by atoms with E-state index in [-0.39, 0.29) is 41.8 Å². The molecule has 2 saturated heterocycles. The topological polar surface area (TPSA) is 120 Å². The summed E-state index contributed by atoms with van der Waals surface area (Å²) >= 11 is 0. The second kappa shape index (κ2) is 11.4. The van der Waals surface area contributed by atoms with Gasteiger partial charge in [0.2, 0.25) is 23.6 Å². The Bertz CT molecular complexity index is 998. The zero-order valence-electron chi connectivity index (χ0n) is 21.5. The van der Waals surface area contributed by atoms with Crippen LogP contribution >= 0.6 is 0 Å². The lowest BCUT2D eigenvalue weighted by Crippen LogP contribution is -2.60. The first kappa shape index (κ1) is 26.1. The van der Waals surface area contributed by atoms with E-state index in [9.17, 15) is 19.2 Å². The van der Waals surface area contributed by atoms with Crippen molar-refractivity contribution in [2.24, 2.45) is 0 Å². The average molecular weight is 498 g/mol. The number of aryl methyl sites for hydroxylation is 1. The van der Waals surface area contributed by atoms with Crippen LogP contribution in [0.3, 0.4) is 0 Å². The average Bonchev–Trinajstić information content (AvgIpc) is 3.28. The van der Waals surface area contributed by atoms with Crippen molar-refractivity contribution in [3.63, 3.8) is 0 Å². The first-order valence-corrected chi connectivity index (χ1v) is 13.2. The van der Waals surface area contributed by atoms with Gasteiger partial charge in [0.15, 0.2) is 0 Å². The fourth-order valence-electron chi connectivity index (χ4n) is 5.97. The molecule has 0 bridgehead atoms. The van der Waals surface area contributed by atoms with Gasteiger partial charge in [0, 0.05) is 19.0 Å². The minimum absolute atomic E-state index is 0.0533. The highest BCUT2D eigenvalue weighted by Gasteiger charge is 2.45. The molecule has 1 aromatic rings. The predicted molar refractivity (Wildman–Crippen MR) is 136 cm³/mol. The summed E-state index contributed by atoms with van der Waals surface area (Å²) in [7, 11) is 1.69. The molecule has 2 fully saturated rings. The monoisotopic (exact) mass is 497 g/mol. The standard InChI is InChI=1S/C27H39N5O4/c1-16(28-3)25(34)31-23-15-19(29-17(2)33)11-12-20-13-14-24(32(20)27(23)36)26(35)30-22-10-6-8-18-7-4-5-9-21(18)22/h4-5,7,9,16,19-20,22-24,28H,6,8,10-15H2,1-3H3,(H,29,33)(H,30,35)(H,31,34)/t16-,19+,20-,22-,23-,24-/m0/s1. The van der Waals surface area contributed by atoms with Crippen LogP contribution in [0.1, 0.15) is 76.0 Å². The summed E-state index contributed by atoms with van der Waals surface area (Å²) in [6, 6.07) is 6.03. The summed E-state index contributed by atoms with van der Waals surface area (Å²) in [5, 5.41) is 12.0. The molecular weight excluding hydrogens is 458 g/mol. The Hall–Kier alpha value is -2.94. The number of likely N-dealkylation sites (N-methyl/N-ethyl adjacent to an activating group) is 1. The number of nitrogens with zero attached hydrogens (tertiary/aromatic N) is 1. The van der Waals surface area contributed by atoms with Gasteiger partial charge in [-0.15, -0.1) is 0 Å². The van der Waals surface area contributed by atoms with Crippen LogP contribution in [0.5, 0.6) is 0 Å². The Morgan fingerprint density at radius 3 is 2.47 bits per heavy atom. The van der Waals surface area contributed by atoms with E-state index in [0.717, 1.165) is 31.2 Å². The van der Waals surface area contributed by atoms with E-state index in [1.54, 1.807) is 18.9 Å². The highest BCUT2D eigenvalue weighted by Crippen LogP contribution is 2.34. The van der Waals surface area contributed by atoms with Gasteiger partial charge >= 0.3 is 0 Å². The Labute approximate surface area is 213 Å². The first-order chi connectivity index (χ1) is 17.3. The number of benzene rings is 1. The molecule has 4 N–H and O–H groups in total. The van der Waals surface area contributed by atoms with Crippen molar-refractivity contribution >= 4 is 23.6 Å². The minimum Gasteiger partial charge on any atom is -0.354 e. The number of fused-ring (bicyclic) bond motifs is 2. The molecule has 1 aromatic carbocycles. The molecule has 36 heavy (non-hydrogen) atoms. The van der Waals surface area contributed by atoms with Gasteiger partial charge in [0.05, 0.1) is 12.1 Å². The van der Waals surface area contributed by atoms with Gasteiger partial charge in [-0.1, -0.05) is 24.3 Å². The predicted octanol–water partition coefficient (Wildman–Crippen LogP) is 1.32. The third kappa shape index (κ3) is 5.72. The molecule has 1 aliphatic carbocycles. The largest absolute Gasteiger partial charge is 0.354 e. The third-order valence-corrected chi connectivity index (χ3v) is 7.96. The third-order valence-electron chi connectivity index (χ3n) is 7.96. The van der Waals surface area contributed by atoms with E-state index in [0.29, 0.717) is 25.7 Å². The van der Waals surface area contributed by atoms with E-state index >= 15 is 0 Å². The summed E-state index contributed by atoms with van der Waals surface area (Å²) in [5.74, 6) is -0.808. The fraction of sp³-hybridized carbons (Fsp3) is 0.630. The SMILES string of the molecule is CN[C@@H](C)C(=O)N[C@H]1C[C@H](NC(C)=O)CC[C@H]2CC[C@@H](C(=O)N[C@H]3CCCc4ccccc43)N2C1=O. The Morgan fingerprint density at radius 1 is 0.972 bits per heavy atom. The van der Waals surface area contributed by atoms with Crippen molar-refractivity contribution in [3.05, 3.63) is 35.4 Å². The molecule has 2 aliphatic heterocycles. The van der Waals surface area contributed by atoms with Gasteiger partial charge in [-0.3, -0.25) is 19.2 Å². The van der Waals surface area contributed by atoms with E-state index in [2.05, 4.69) is 33.4 Å². The summed E-state index contributed by atoms with van der Waals surface area (Å²) in [4.78, 5) is 53.6. The molecule has 0 spiro atoms. The summed E-state index contributed by atoms with van der Waals surface area (Å²) in [6.45, 7) is 3.19. The molecule has 0 aromatic heterocycles.